The molecule has 0 heteroatoms. The van der Waals surface area contributed by atoms with Gasteiger partial charge in [-0.05, 0) is 95.1 Å². The van der Waals surface area contributed by atoms with E-state index in [4.69, 9.17) is 0 Å². The van der Waals surface area contributed by atoms with Crippen molar-refractivity contribution in [1.29, 1.82) is 0 Å². The fraction of sp³-hybridized carbons (Fsp3) is 0.0698. The lowest BCUT2D eigenvalue weighted by Gasteiger charge is -2.21. The summed E-state index contributed by atoms with van der Waals surface area (Å²) < 4.78 is 0. The smallest absolute Gasteiger partial charge is 0.0158 e. The fourth-order valence-corrected chi connectivity index (χ4v) is 7.83. The van der Waals surface area contributed by atoms with Crippen LogP contribution in [-0.4, -0.2) is 0 Å². The molecule has 0 saturated carbocycles. The Hall–Kier alpha value is -5.20. The summed E-state index contributed by atoms with van der Waals surface area (Å²) in [5, 5.41) is 0. The Morgan fingerprint density at radius 2 is 0.721 bits per heavy atom. The highest BCUT2D eigenvalue weighted by molar-refractivity contribution is 6.35. The van der Waals surface area contributed by atoms with Gasteiger partial charge in [0, 0.05) is 5.41 Å². The van der Waals surface area contributed by atoms with Crippen LogP contribution in [0.3, 0.4) is 0 Å². The number of hydrogen-bond acceptors (Lipinski definition) is 0. The van der Waals surface area contributed by atoms with Crippen molar-refractivity contribution in [1.82, 2.24) is 0 Å². The lowest BCUT2D eigenvalue weighted by Crippen LogP contribution is -2.14. The topological polar surface area (TPSA) is 0 Å². The standard InChI is InChI=1S/C43H30/c1-43(2)37-19-11-10-14-31(37)36-26-30(24-25-38(36)43)27-20-22-29(23-21-27)40-33-16-7-9-18-35(33)41-39(28-12-4-3-5-13-28)32-15-6-8-17-34(32)42(40)41/h3-26H,1-2H3. The van der Waals surface area contributed by atoms with E-state index in [1.54, 1.807) is 0 Å². The highest BCUT2D eigenvalue weighted by atomic mass is 14.4. The van der Waals surface area contributed by atoms with Crippen LogP contribution in [0.5, 0.6) is 0 Å². The normalized spacial score (nSPS) is 15.2. The van der Waals surface area contributed by atoms with Gasteiger partial charge in [-0.1, -0.05) is 153 Å². The van der Waals surface area contributed by atoms with E-state index in [-0.39, 0.29) is 5.41 Å². The van der Waals surface area contributed by atoms with Crippen LogP contribution in [0, 0.1) is 0 Å². The molecule has 0 bridgehead atoms. The van der Waals surface area contributed by atoms with E-state index in [2.05, 4.69) is 159 Å². The molecular formula is C43H30. The van der Waals surface area contributed by atoms with Gasteiger partial charge in [0.15, 0.2) is 0 Å². The summed E-state index contributed by atoms with van der Waals surface area (Å²) in [7, 11) is 0. The number of rotatable bonds is 3. The van der Waals surface area contributed by atoms with Crippen molar-refractivity contribution in [2.75, 3.05) is 0 Å². The van der Waals surface area contributed by atoms with E-state index in [0.29, 0.717) is 0 Å². The van der Waals surface area contributed by atoms with Gasteiger partial charge in [0.1, 0.15) is 0 Å². The summed E-state index contributed by atoms with van der Waals surface area (Å²) in [6, 6.07) is 53.9. The Balaban J connectivity index is 1.20. The van der Waals surface area contributed by atoms with Gasteiger partial charge in [-0.2, -0.15) is 0 Å². The van der Waals surface area contributed by atoms with Crippen LogP contribution in [0.2, 0.25) is 0 Å². The van der Waals surface area contributed by atoms with Crippen molar-refractivity contribution >= 4 is 22.3 Å². The maximum absolute atomic E-state index is 2.39. The molecule has 0 radical (unpaired) electrons. The highest BCUT2D eigenvalue weighted by Gasteiger charge is 2.37. The number of fused-ring (bicyclic) bond motifs is 8. The molecule has 0 nitrogen and oxygen atoms in total. The third kappa shape index (κ3) is 3.38. The molecule has 3 aliphatic rings. The molecule has 0 saturated heterocycles. The molecule has 0 aromatic heterocycles. The summed E-state index contributed by atoms with van der Waals surface area (Å²) in [4.78, 5) is 0. The SMILES string of the molecule is CC1(C)c2ccccc2-c2cc(-c3ccc(C4=C5C(=C(c6ccccc6)c6ccccc65)c5ccccc54)cc3)ccc21. The molecule has 0 N–H and O–H groups in total. The second kappa shape index (κ2) is 8.90. The molecule has 0 spiro atoms. The van der Waals surface area contributed by atoms with Crippen molar-refractivity contribution in [3.63, 3.8) is 0 Å². The first-order chi connectivity index (χ1) is 21.1. The minimum absolute atomic E-state index is 0.0272. The first kappa shape index (κ1) is 24.4. The average Bonchev–Trinajstić information content (AvgIpc) is 3.65. The molecule has 43 heavy (non-hydrogen) atoms. The van der Waals surface area contributed by atoms with E-state index >= 15 is 0 Å². The summed E-state index contributed by atoms with van der Waals surface area (Å²) in [6.45, 7) is 4.68. The van der Waals surface area contributed by atoms with Crippen LogP contribution < -0.4 is 0 Å². The molecule has 202 valence electrons. The van der Waals surface area contributed by atoms with Crippen LogP contribution in [0.4, 0.5) is 0 Å². The Morgan fingerprint density at radius 3 is 1.33 bits per heavy atom. The summed E-state index contributed by atoms with van der Waals surface area (Å²) in [6.07, 6.45) is 0. The molecule has 6 aromatic carbocycles. The monoisotopic (exact) mass is 546 g/mol. The zero-order valence-electron chi connectivity index (χ0n) is 24.4. The van der Waals surface area contributed by atoms with E-state index in [1.807, 2.05) is 0 Å². The largest absolute Gasteiger partial charge is 0.0622 e. The van der Waals surface area contributed by atoms with Crippen LogP contribution in [0.15, 0.2) is 146 Å². The van der Waals surface area contributed by atoms with Gasteiger partial charge < -0.3 is 0 Å². The van der Waals surface area contributed by atoms with Crippen molar-refractivity contribution < 1.29 is 0 Å². The Labute approximate surface area is 253 Å². The van der Waals surface area contributed by atoms with Gasteiger partial charge >= 0.3 is 0 Å². The van der Waals surface area contributed by atoms with E-state index < -0.39 is 0 Å². The molecule has 3 aliphatic carbocycles. The first-order valence-electron chi connectivity index (χ1n) is 15.2. The van der Waals surface area contributed by atoms with Crippen LogP contribution in [-0.2, 0) is 5.41 Å². The Bertz CT molecular complexity index is 2170. The zero-order valence-corrected chi connectivity index (χ0v) is 24.4. The van der Waals surface area contributed by atoms with Crippen molar-refractivity contribution in [3.8, 4) is 22.3 Å². The lowest BCUT2D eigenvalue weighted by atomic mass is 9.82. The second-order valence-electron chi connectivity index (χ2n) is 12.5. The van der Waals surface area contributed by atoms with E-state index in [0.717, 1.165) is 0 Å². The van der Waals surface area contributed by atoms with Crippen LogP contribution in [0.25, 0.3) is 44.5 Å². The van der Waals surface area contributed by atoms with Gasteiger partial charge in [0.05, 0.1) is 0 Å². The number of benzene rings is 6. The third-order valence-corrected chi connectivity index (χ3v) is 9.83. The molecular weight excluding hydrogens is 516 g/mol. The molecule has 9 rings (SSSR count). The van der Waals surface area contributed by atoms with Crippen molar-refractivity contribution in [3.05, 3.63) is 190 Å². The molecule has 0 fully saturated rings. The number of allylic oxidation sites excluding steroid dienone is 2. The maximum atomic E-state index is 2.39. The average molecular weight is 547 g/mol. The highest BCUT2D eigenvalue weighted by Crippen LogP contribution is 2.58. The lowest BCUT2D eigenvalue weighted by molar-refractivity contribution is 0.660. The Kier molecular flexibility index (Phi) is 5.05. The molecule has 0 aliphatic heterocycles. The molecule has 0 heterocycles. The van der Waals surface area contributed by atoms with Crippen LogP contribution in [0.1, 0.15) is 58.4 Å². The zero-order chi connectivity index (χ0) is 28.7. The number of hydrogen-bond donors (Lipinski definition) is 0. The van der Waals surface area contributed by atoms with Gasteiger partial charge in [-0.15, -0.1) is 0 Å². The van der Waals surface area contributed by atoms with Crippen molar-refractivity contribution in [2.24, 2.45) is 0 Å². The van der Waals surface area contributed by atoms with Gasteiger partial charge in [-0.25, -0.2) is 0 Å². The van der Waals surface area contributed by atoms with E-state index in [9.17, 15) is 0 Å². The molecule has 6 aromatic rings. The van der Waals surface area contributed by atoms with E-state index in [1.165, 1.54) is 89.1 Å². The molecule has 0 unspecified atom stereocenters. The quantitative estimate of drug-likeness (QED) is 0.207. The predicted octanol–water partition coefficient (Wildman–Crippen LogP) is 10.9. The van der Waals surface area contributed by atoms with Gasteiger partial charge in [-0.3, -0.25) is 0 Å². The predicted molar refractivity (Wildman–Crippen MR) is 181 cm³/mol. The second-order valence-corrected chi connectivity index (χ2v) is 12.5. The maximum Gasteiger partial charge on any atom is 0.0158 e. The summed E-state index contributed by atoms with van der Waals surface area (Å²) in [5.74, 6) is 0. The third-order valence-electron chi connectivity index (χ3n) is 9.83. The summed E-state index contributed by atoms with van der Waals surface area (Å²) in [5.41, 5.74) is 21.3. The fourth-order valence-electron chi connectivity index (χ4n) is 7.83. The molecule has 0 amide bonds. The van der Waals surface area contributed by atoms with Crippen LogP contribution >= 0.6 is 0 Å². The molecule has 0 atom stereocenters. The van der Waals surface area contributed by atoms with Crippen molar-refractivity contribution in [2.45, 2.75) is 19.3 Å². The minimum Gasteiger partial charge on any atom is -0.0622 e. The first-order valence-corrected chi connectivity index (χ1v) is 15.2. The Morgan fingerprint density at radius 1 is 0.302 bits per heavy atom. The van der Waals surface area contributed by atoms with Gasteiger partial charge in [0.2, 0.25) is 0 Å². The van der Waals surface area contributed by atoms with Gasteiger partial charge in [0.25, 0.3) is 0 Å². The minimum atomic E-state index is 0.0272. The summed E-state index contributed by atoms with van der Waals surface area (Å²) >= 11 is 0.